The van der Waals surface area contributed by atoms with Crippen molar-refractivity contribution in [3.63, 3.8) is 0 Å². The lowest BCUT2D eigenvalue weighted by atomic mass is 9.84. The Labute approximate surface area is 355 Å². The van der Waals surface area contributed by atoms with Crippen LogP contribution in [0.25, 0.3) is 55.3 Å². The zero-order valence-corrected chi connectivity index (χ0v) is 34.1. The van der Waals surface area contributed by atoms with E-state index in [0.717, 1.165) is 44.2 Å². The molecule has 0 bridgehead atoms. The second kappa shape index (κ2) is 17.2. The third-order valence-corrected chi connectivity index (χ3v) is 12.6. The normalized spacial score (nSPS) is 19.6. The van der Waals surface area contributed by atoms with Gasteiger partial charge in [0.15, 0.2) is 0 Å². The average molecular weight is 772 g/mol. The topological polar surface area (TPSA) is 12.4 Å². The van der Waals surface area contributed by atoms with Crippen LogP contribution in [0.1, 0.15) is 55.6 Å². The van der Waals surface area contributed by atoms with Crippen molar-refractivity contribution in [3.8, 4) is 44.5 Å². The van der Waals surface area contributed by atoms with Crippen LogP contribution >= 0.6 is 0 Å². The van der Waals surface area contributed by atoms with Crippen molar-refractivity contribution in [2.45, 2.75) is 44.4 Å². The lowest BCUT2D eigenvalue weighted by Crippen LogP contribution is -2.11. The molecule has 1 heterocycles. The van der Waals surface area contributed by atoms with E-state index in [2.05, 4.69) is 212 Å². The summed E-state index contributed by atoms with van der Waals surface area (Å²) in [5.41, 5.74) is 17.5. The van der Waals surface area contributed by atoms with E-state index < -0.39 is 0 Å². The van der Waals surface area contributed by atoms with E-state index in [1.54, 1.807) is 5.57 Å². The summed E-state index contributed by atoms with van der Waals surface area (Å²) >= 11 is 0. The predicted octanol–water partition coefficient (Wildman–Crippen LogP) is 15.9. The fraction of sp³-hybridized carbons (Fsp3) is 0.136. The maximum Gasteiger partial charge on any atom is 0.0668 e. The van der Waals surface area contributed by atoms with E-state index in [1.807, 2.05) is 0 Å². The molecule has 1 heteroatoms. The third-order valence-electron chi connectivity index (χ3n) is 12.6. The Kier molecular flexibility index (Phi) is 10.7. The van der Waals surface area contributed by atoms with Crippen LogP contribution in [-0.4, -0.2) is 5.71 Å². The van der Waals surface area contributed by atoms with Crippen LogP contribution in [-0.2, 0) is 0 Å². The molecule has 10 rings (SSSR count). The smallest absolute Gasteiger partial charge is 0.0668 e. The SMILES string of the molecule is C1=CCCC(C2/C=C(C3=CCC(c4ccccc4)C=C3)\N=C(\c3ccc(-c4ccc(-c5ccc(-c6ccccc6)c(-c6ccccc6)c5)c5ccccc45)cc3)CCC2)=C1. The molecule has 0 radical (unpaired) electrons. The van der Waals surface area contributed by atoms with Crippen molar-refractivity contribution in [3.05, 3.63) is 240 Å². The first kappa shape index (κ1) is 37.4. The largest absolute Gasteiger partial charge is 0.253 e. The Hall–Kier alpha value is -6.83. The Bertz CT molecular complexity index is 2830. The molecule has 0 saturated heterocycles. The van der Waals surface area contributed by atoms with Crippen LogP contribution in [0.15, 0.2) is 234 Å². The van der Waals surface area contributed by atoms with E-state index in [1.165, 1.54) is 77.7 Å². The molecule has 60 heavy (non-hydrogen) atoms. The van der Waals surface area contributed by atoms with Crippen LogP contribution in [0.4, 0.5) is 0 Å². The number of aliphatic imine (C=N–C) groups is 1. The molecular weight excluding hydrogens is 723 g/mol. The Morgan fingerprint density at radius 1 is 0.500 bits per heavy atom. The molecule has 2 unspecified atom stereocenters. The monoisotopic (exact) mass is 771 g/mol. The molecule has 0 spiro atoms. The molecule has 7 aromatic rings. The summed E-state index contributed by atoms with van der Waals surface area (Å²) in [6.07, 6.45) is 22.9. The van der Waals surface area contributed by atoms with Gasteiger partial charge < -0.3 is 0 Å². The van der Waals surface area contributed by atoms with Gasteiger partial charge >= 0.3 is 0 Å². The van der Waals surface area contributed by atoms with E-state index >= 15 is 0 Å². The summed E-state index contributed by atoms with van der Waals surface area (Å²) in [4.78, 5) is 5.54. The highest BCUT2D eigenvalue weighted by Crippen LogP contribution is 2.41. The van der Waals surface area contributed by atoms with Gasteiger partial charge in [-0.15, -0.1) is 0 Å². The molecule has 3 aliphatic rings. The average Bonchev–Trinajstić information content (AvgIpc) is 3.32. The van der Waals surface area contributed by atoms with Gasteiger partial charge in [0.2, 0.25) is 0 Å². The number of nitrogens with zero attached hydrogens (tertiary/aromatic N) is 1. The zero-order valence-electron chi connectivity index (χ0n) is 34.1. The summed E-state index contributed by atoms with van der Waals surface area (Å²) in [7, 11) is 0. The zero-order chi connectivity index (χ0) is 40.1. The summed E-state index contributed by atoms with van der Waals surface area (Å²) in [5.74, 6) is 0.820. The molecule has 290 valence electrons. The lowest BCUT2D eigenvalue weighted by Gasteiger charge is -2.24. The highest BCUT2D eigenvalue weighted by molar-refractivity contribution is 6.06. The number of hydrogen-bond acceptors (Lipinski definition) is 1. The molecular formula is C59H49N. The summed E-state index contributed by atoms with van der Waals surface area (Å²) in [6.45, 7) is 0. The number of rotatable bonds is 8. The number of fused-ring (bicyclic) bond motifs is 1. The lowest BCUT2D eigenvalue weighted by molar-refractivity contribution is 0.609. The minimum atomic E-state index is 0.402. The molecule has 7 aromatic carbocycles. The molecule has 0 N–H and O–H groups in total. The highest BCUT2D eigenvalue weighted by Gasteiger charge is 2.21. The van der Waals surface area contributed by atoms with Crippen molar-refractivity contribution < 1.29 is 0 Å². The summed E-state index contributed by atoms with van der Waals surface area (Å²) < 4.78 is 0. The van der Waals surface area contributed by atoms with E-state index in [-0.39, 0.29) is 0 Å². The maximum atomic E-state index is 5.54. The second-order valence-corrected chi connectivity index (χ2v) is 16.4. The Morgan fingerprint density at radius 3 is 1.77 bits per heavy atom. The summed E-state index contributed by atoms with van der Waals surface area (Å²) in [5, 5.41) is 2.51. The minimum absolute atomic E-state index is 0.402. The van der Waals surface area contributed by atoms with Crippen molar-refractivity contribution in [2.24, 2.45) is 10.9 Å². The van der Waals surface area contributed by atoms with E-state index in [9.17, 15) is 0 Å². The third kappa shape index (κ3) is 7.84. The van der Waals surface area contributed by atoms with Crippen LogP contribution < -0.4 is 0 Å². The highest BCUT2D eigenvalue weighted by atomic mass is 14.8. The number of allylic oxidation sites excluding steroid dienone is 8. The number of hydrogen-bond donors (Lipinski definition) is 0. The van der Waals surface area contributed by atoms with Gasteiger partial charge in [0.25, 0.3) is 0 Å². The summed E-state index contributed by atoms with van der Waals surface area (Å²) in [6, 6.07) is 62.0. The molecule has 0 aromatic heterocycles. The first-order valence-electron chi connectivity index (χ1n) is 21.7. The maximum absolute atomic E-state index is 5.54. The van der Waals surface area contributed by atoms with Gasteiger partial charge in [-0.25, -0.2) is 0 Å². The molecule has 0 fully saturated rings. The van der Waals surface area contributed by atoms with Gasteiger partial charge in [0.05, 0.1) is 5.70 Å². The fourth-order valence-electron chi connectivity index (χ4n) is 9.43. The van der Waals surface area contributed by atoms with Gasteiger partial charge in [0.1, 0.15) is 0 Å². The van der Waals surface area contributed by atoms with Gasteiger partial charge in [-0.1, -0.05) is 212 Å². The van der Waals surface area contributed by atoms with Crippen LogP contribution in [0.5, 0.6) is 0 Å². The van der Waals surface area contributed by atoms with Gasteiger partial charge in [0, 0.05) is 17.5 Å². The molecule has 2 aliphatic carbocycles. The van der Waals surface area contributed by atoms with Crippen molar-refractivity contribution in [2.75, 3.05) is 0 Å². The van der Waals surface area contributed by atoms with E-state index in [4.69, 9.17) is 4.99 Å². The van der Waals surface area contributed by atoms with Crippen molar-refractivity contribution >= 4 is 16.5 Å². The van der Waals surface area contributed by atoms with Gasteiger partial charge in [-0.2, -0.15) is 0 Å². The fourth-order valence-corrected chi connectivity index (χ4v) is 9.43. The molecule has 0 amide bonds. The van der Waals surface area contributed by atoms with E-state index in [0.29, 0.717) is 11.8 Å². The molecule has 2 atom stereocenters. The first-order chi connectivity index (χ1) is 29.7. The second-order valence-electron chi connectivity index (χ2n) is 16.4. The van der Waals surface area contributed by atoms with Crippen LogP contribution in [0, 0.1) is 5.92 Å². The molecule has 0 saturated carbocycles. The number of benzene rings is 7. The minimum Gasteiger partial charge on any atom is -0.253 e. The predicted molar refractivity (Wildman–Crippen MR) is 255 cm³/mol. The van der Waals surface area contributed by atoms with Gasteiger partial charge in [-0.05, 0) is 117 Å². The van der Waals surface area contributed by atoms with Crippen LogP contribution in [0.2, 0.25) is 0 Å². The van der Waals surface area contributed by atoms with Crippen molar-refractivity contribution in [1.29, 1.82) is 0 Å². The quantitative estimate of drug-likeness (QED) is 0.146. The van der Waals surface area contributed by atoms with Gasteiger partial charge in [-0.3, -0.25) is 4.99 Å². The first-order valence-corrected chi connectivity index (χ1v) is 21.7. The standard InChI is InChI=1S/C59H49N/c1-5-16-42(17-6-1)44-28-32-49(33-29-44)59-41-50(43-18-7-2-8-19-43)24-15-27-58(60-59)48-34-30-47(31-35-48)52-38-39-54(56-26-14-13-25-55(52)56)51-36-37-53(45-20-9-3-10-21-45)57(40-51)46-22-11-4-12-23-46/h1-7,9-14,16-18,20-23,25-26,28,30-41,44,50H,8,15,19,24,27,29H2/b59-41-,60-58+. The Balaban J connectivity index is 0.981. The van der Waals surface area contributed by atoms with Crippen molar-refractivity contribution in [1.82, 2.24) is 0 Å². The molecule has 1 nitrogen and oxygen atoms in total. The molecule has 1 aliphatic heterocycles. The van der Waals surface area contributed by atoms with Crippen LogP contribution in [0.3, 0.4) is 0 Å². The Morgan fingerprint density at radius 2 is 1.10 bits per heavy atom.